The third-order valence-corrected chi connectivity index (χ3v) is 5.76. The van der Waals surface area contributed by atoms with Crippen LogP contribution in [0.15, 0.2) is 54.6 Å². The van der Waals surface area contributed by atoms with E-state index in [9.17, 15) is 55.6 Å². The average Bonchev–Trinajstić information content (AvgIpc) is 2.99. The molecule has 3 aromatic carbocycles. The number of primary amides is 1. The van der Waals surface area contributed by atoms with Crippen molar-refractivity contribution >= 4 is 46.8 Å². The smallest absolute Gasteiger partial charge is 0.493 e. The maximum atomic E-state index is 12.8. The zero-order chi connectivity index (χ0) is 36.6. The Labute approximate surface area is 264 Å². The Morgan fingerprint density at radius 2 is 1.52 bits per heavy atom. The maximum Gasteiger partial charge on any atom is 0.493 e. The largest absolute Gasteiger partial charge is 0.495 e. The highest BCUT2D eigenvalue weighted by Crippen LogP contribution is 2.37. The highest BCUT2D eigenvalue weighted by molar-refractivity contribution is 6.03. The summed E-state index contributed by atoms with van der Waals surface area (Å²) in [5, 5.41) is 24.4. The lowest BCUT2D eigenvalue weighted by Gasteiger charge is -2.24. The number of alkyl halides is 6. The normalized spacial score (nSPS) is 10.9. The number of halogens is 6. The van der Waals surface area contributed by atoms with Crippen LogP contribution in [0.5, 0.6) is 11.5 Å². The topological polar surface area (TPSA) is 213 Å². The number of carboxylic acid groups (broad SMARTS) is 1. The van der Waals surface area contributed by atoms with E-state index in [0.29, 0.717) is 6.07 Å². The number of rotatable bonds is 8. The Balaban J connectivity index is 0.000000353. The number of amides is 4. The van der Waals surface area contributed by atoms with Crippen LogP contribution in [-0.4, -0.2) is 61.7 Å². The summed E-state index contributed by atoms with van der Waals surface area (Å²) in [6, 6.07) is 5.79. The Bertz CT molecular complexity index is 1720. The van der Waals surface area contributed by atoms with Crippen molar-refractivity contribution < 1.29 is 69.8 Å². The molecule has 258 valence electrons. The van der Waals surface area contributed by atoms with Crippen molar-refractivity contribution in [3.8, 4) is 11.5 Å². The van der Waals surface area contributed by atoms with Crippen LogP contribution in [0.4, 0.5) is 58.7 Å². The standard InChI is InChI=1S/C16H12F3N3O6.C11H11F3N2O4/c1-28-13-7-12(22(26)27)10(14(23)24)6-11(13)21-15(25)20-9-4-2-3-8(5-9)16(17,18)19;1-19-8-4-3-6(9(17)20-2)5-7(8)16(10(15)18)11(12,13)14/h2-7H,1H3,(H,23,24)(H2,20,21,25);3-5H,1-2H3,(H2,15,18). The molecule has 0 saturated carbocycles. The van der Waals surface area contributed by atoms with E-state index in [0.717, 1.165) is 57.7 Å². The van der Waals surface area contributed by atoms with Gasteiger partial charge in [-0.05, 0) is 42.5 Å². The molecule has 0 aliphatic carbocycles. The molecule has 0 unspecified atom stereocenters. The fraction of sp³-hybridized carbons (Fsp3) is 0.185. The summed E-state index contributed by atoms with van der Waals surface area (Å²) < 4.78 is 90.7. The van der Waals surface area contributed by atoms with Crippen molar-refractivity contribution in [1.29, 1.82) is 0 Å². The van der Waals surface area contributed by atoms with Gasteiger partial charge in [-0.15, -0.1) is 13.2 Å². The minimum absolute atomic E-state index is 0.174. The molecule has 48 heavy (non-hydrogen) atoms. The number of hydrogen-bond donors (Lipinski definition) is 4. The van der Waals surface area contributed by atoms with Crippen molar-refractivity contribution in [3.05, 3.63) is 81.4 Å². The number of urea groups is 2. The summed E-state index contributed by atoms with van der Waals surface area (Å²) in [5.41, 5.74) is 1.01. The average molecular weight is 691 g/mol. The number of nitrogens with zero attached hydrogens (tertiary/aromatic N) is 2. The van der Waals surface area contributed by atoms with Gasteiger partial charge in [0.15, 0.2) is 0 Å². The molecule has 21 heteroatoms. The van der Waals surface area contributed by atoms with Gasteiger partial charge in [-0.3, -0.25) is 10.1 Å². The van der Waals surface area contributed by atoms with E-state index in [1.807, 2.05) is 0 Å². The van der Waals surface area contributed by atoms with Crippen LogP contribution in [0.3, 0.4) is 0 Å². The molecule has 0 atom stereocenters. The Morgan fingerprint density at radius 3 is 2.00 bits per heavy atom. The summed E-state index contributed by atoms with van der Waals surface area (Å²) in [4.78, 5) is 55.0. The number of hydrogen-bond acceptors (Lipinski definition) is 9. The van der Waals surface area contributed by atoms with Crippen molar-refractivity contribution in [2.24, 2.45) is 5.73 Å². The molecule has 0 radical (unpaired) electrons. The van der Waals surface area contributed by atoms with E-state index in [1.54, 1.807) is 0 Å². The Kier molecular flexibility index (Phi) is 12.1. The molecule has 3 rings (SSSR count). The number of carboxylic acids is 1. The zero-order valence-corrected chi connectivity index (χ0v) is 24.6. The summed E-state index contributed by atoms with van der Waals surface area (Å²) >= 11 is 0. The number of nitrogens with one attached hydrogen (secondary N) is 2. The minimum atomic E-state index is -5.06. The number of nitro groups is 1. The number of ether oxygens (including phenoxy) is 3. The molecule has 0 heterocycles. The maximum absolute atomic E-state index is 12.8. The fourth-order valence-corrected chi connectivity index (χ4v) is 3.71. The lowest BCUT2D eigenvalue weighted by atomic mass is 10.1. The molecular formula is C27H23F6N5O10. The quantitative estimate of drug-likeness (QED) is 0.0727. The summed E-state index contributed by atoms with van der Waals surface area (Å²) in [6.45, 7) is 0. The molecule has 0 fully saturated rings. The van der Waals surface area contributed by atoms with Gasteiger partial charge in [-0.1, -0.05) is 6.07 Å². The van der Waals surface area contributed by atoms with Gasteiger partial charge in [-0.25, -0.2) is 24.1 Å². The summed E-state index contributed by atoms with van der Waals surface area (Å²) in [6.07, 6.45) is -9.67. The first-order valence-electron chi connectivity index (χ1n) is 12.5. The molecule has 0 bridgehead atoms. The second-order valence-corrected chi connectivity index (χ2v) is 8.81. The second kappa shape index (κ2) is 15.3. The predicted octanol–water partition coefficient (Wildman–Crippen LogP) is 5.85. The number of nitro benzene ring substituents is 1. The Morgan fingerprint density at radius 1 is 0.896 bits per heavy atom. The zero-order valence-electron chi connectivity index (χ0n) is 24.6. The molecule has 3 aromatic rings. The van der Waals surface area contributed by atoms with Crippen LogP contribution in [-0.2, 0) is 10.9 Å². The van der Waals surface area contributed by atoms with Crippen LogP contribution < -0.4 is 30.7 Å². The van der Waals surface area contributed by atoms with Gasteiger partial charge in [0.2, 0.25) is 0 Å². The van der Waals surface area contributed by atoms with Crippen molar-refractivity contribution in [2.75, 3.05) is 36.9 Å². The molecule has 0 spiro atoms. The van der Waals surface area contributed by atoms with E-state index < -0.39 is 68.8 Å². The number of nitrogens with two attached hydrogens (primary N) is 1. The third-order valence-electron chi connectivity index (χ3n) is 5.76. The highest BCUT2D eigenvalue weighted by atomic mass is 19.4. The van der Waals surface area contributed by atoms with E-state index in [1.165, 1.54) is 12.1 Å². The van der Waals surface area contributed by atoms with Crippen molar-refractivity contribution in [3.63, 3.8) is 0 Å². The van der Waals surface area contributed by atoms with Gasteiger partial charge in [0, 0.05) is 5.69 Å². The molecular weight excluding hydrogens is 668 g/mol. The summed E-state index contributed by atoms with van der Waals surface area (Å²) in [7, 11) is 3.32. The molecule has 15 nitrogen and oxygen atoms in total. The first-order valence-corrected chi connectivity index (χ1v) is 12.5. The molecule has 0 aliphatic heterocycles. The van der Waals surface area contributed by atoms with Crippen LogP contribution >= 0.6 is 0 Å². The summed E-state index contributed by atoms with van der Waals surface area (Å²) in [5.74, 6) is -2.96. The number of methoxy groups -OCH3 is 3. The number of benzene rings is 3. The molecule has 0 aliphatic rings. The van der Waals surface area contributed by atoms with Crippen LogP contribution in [0.25, 0.3) is 0 Å². The van der Waals surface area contributed by atoms with Crippen LogP contribution in [0.1, 0.15) is 26.3 Å². The lowest BCUT2D eigenvalue weighted by Crippen LogP contribution is -2.46. The van der Waals surface area contributed by atoms with Crippen molar-refractivity contribution in [1.82, 2.24) is 0 Å². The minimum Gasteiger partial charge on any atom is -0.495 e. The SMILES string of the molecule is COC(=O)c1ccc(OC)c(N(C(N)=O)C(F)(F)F)c1.COc1cc([N+](=O)[O-])c(C(=O)O)cc1NC(=O)Nc1cccc(C(F)(F)F)c1. The number of carbonyl (C=O) groups excluding carboxylic acids is 3. The monoisotopic (exact) mass is 691 g/mol. The van der Waals surface area contributed by atoms with Gasteiger partial charge in [-0.2, -0.15) is 13.2 Å². The highest BCUT2D eigenvalue weighted by Gasteiger charge is 2.43. The number of esters is 1. The van der Waals surface area contributed by atoms with Crippen molar-refractivity contribution in [2.45, 2.75) is 12.5 Å². The molecule has 4 amide bonds. The Hall–Kier alpha value is -6.28. The molecule has 0 aromatic heterocycles. The third kappa shape index (κ3) is 9.61. The van der Waals surface area contributed by atoms with Crippen LogP contribution in [0, 0.1) is 10.1 Å². The van der Waals surface area contributed by atoms with Crippen LogP contribution in [0.2, 0.25) is 0 Å². The van der Waals surface area contributed by atoms with Gasteiger partial charge < -0.3 is 35.7 Å². The number of aromatic carboxylic acids is 1. The van der Waals surface area contributed by atoms with Gasteiger partial charge in [0.1, 0.15) is 17.1 Å². The van der Waals surface area contributed by atoms with Gasteiger partial charge in [0.05, 0.1) is 54.8 Å². The van der Waals surface area contributed by atoms with E-state index >= 15 is 0 Å². The van der Waals surface area contributed by atoms with Gasteiger partial charge >= 0.3 is 36.5 Å². The van der Waals surface area contributed by atoms with Gasteiger partial charge in [0.25, 0.3) is 5.69 Å². The predicted molar refractivity (Wildman–Crippen MR) is 153 cm³/mol. The second-order valence-electron chi connectivity index (χ2n) is 8.81. The first kappa shape index (κ1) is 37.9. The van der Waals surface area contributed by atoms with E-state index in [4.69, 9.17) is 20.3 Å². The lowest BCUT2D eigenvalue weighted by molar-refractivity contribution is -0.385. The van der Waals surface area contributed by atoms with E-state index in [2.05, 4.69) is 15.4 Å². The first-order chi connectivity index (χ1) is 22.2. The molecule has 0 saturated heterocycles. The fourth-order valence-electron chi connectivity index (χ4n) is 3.71. The molecule has 5 N–H and O–H groups in total. The number of carbonyl (C=O) groups is 4. The van der Waals surface area contributed by atoms with E-state index in [-0.39, 0.29) is 28.4 Å². The number of anilines is 3.